The van der Waals surface area contributed by atoms with Gasteiger partial charge in [0.2, 0.25) is 0 Å². The van der Waals surface area contributed by atoms with Crippen LogP contribution in [0.1, 0.15) is 56.8 Å². The summed E-state index contributed by atoms with van der Waals surface area (Å²) in [6.45, 7) is 9.42. The third kappa shape index (κ3) is 4.77. The summed E-state index contributed by atoms with van der Waals surface area (Å²) in [7, 11) is 0. The number of nitrogens with zero attached hydrogens (tertiary/aromatic N) is 3. The Morgan fingerprint density at radius 3 is 2.56 bits per heavy atom. The lowest BCUT2D eigenvalue weighted by Crippen LogP contribution is -2.39. The van der Waals surface area contributed by atoms with Gasteiger partial charge in [0.25, 0.3) is 5.69 Å². The van der Waals surface area contributed by atoms with Gasteiger partial charge in [0, 0.05) is 30.9 Å². The molecule has 0 amide bonds. The summed E-state index contributed by atoms with van der Waals surface area (Å²) in [5.74, 6) is -0.657. The minimum atomic E-state index is -0.695. The molecule has 0 unspecified atom stereocenters. The fraction of sp³-hybridized carbons (Fsp3) is 0.650. The smallest absolute Gasteiger partial charge is 0.345 e. The number of ether oxygens (including phenoxy) is 1. The van der Waals surface area contributed by atoms with Crippen LogP contribution < -0.4 is 4.90 Å². The molecule has 27 heavy (non-hydrogen) atoms. The number of nitro benzene ring substituents is 1. The Morgan fingerprint density at radius 2 is 1.93 bits per heavy atom. The van der Waals surface area contributed by atoms with E-state index in [0.29, 0.717) is 6.04 Å². The zero-order valence-corrected chi connectivity index (χ0v) is 16.4. The topological polar surface area (TPSA) is 75.9 Å². The number of esters is 1. The summed E-state index contributed by atoms with van der Waals surface area (Å²) in [6.07, 6.45) is 4.68. The van der Waals surface area contributed by atoms with Gasteiger partial charge in [-0.3, -0.25) is 10.1 Å². The van der Waals surface area contributed by atoms with E-state index in [-0.39, 0.29) is 11.3 Å². The van der Waals surface area contributed by atoms with Crippen LogP contribution in [0, 0.1) is 10.1 Å². The van der Waals surface area contributed by atoms with Gasteiger partial charge in [-0.25, -0.2) is 4.79 Å². The van der Waals surface area contributed by atoms with Crippen LogP contribution in [0.25, 0.3) is 0 Å². The van der Waals surface area contributed by atoms with E-state index in [2.05, 4.69) is 9.80 Å². The number of hydrogen-bond donors (Lipinski definition) is 0. The minimum Gasteiger partial charge on any atom is -0.456 e. The second-order valence-corrected chi connectivity index (χ2v) is 8.46. The van der Waals surface area contributed by atoms with Crippen LogP contribution in [-0.4, -0.2) is 53.6 Å². The molecule has 7 heteroatoms. The van der Waals surface area contributed by atoms with E-state index >= 15 is 0 Å². The van der Waals surface area contributed by atoms with Crippen LogP contribution in [0.15, 0.2) is 18.2 Å². The largest absolute Gasteiger partial charge is 0.456 e. The van der Waals surface area contributed by atoms with E-state index in [0.717, 1.165) is 44.7 Å². The van der Waals surface area contributed by atoms with Gasteiger partial charge in [0.15, 0.2) is 0 Å². The highest BCUT2D eigenvalue weighted by atomic mass is 16.6. The maximum absolute atomic E-state index is 12.4. The quantitative estimate of drug-likeness (QED) is 0.444. The molecule has 0 aromatic heterocycles. The molecule has 1 aromatic carbocycles. The maximum Gasteiger partial charge on any atom is 0.345 e. The monoisotopic (exact) mass is 375 g/mol. The van der Waals surface area contributed by atoms with Gasteiger partial charge in [0.05, 0.1) is 4.92 Å². The Morgan fingerprint density at radius 1 is 1.22 bits per heavy atom. The van der Waals surface area contributed by atoms with Crippen LogP contribution >= 0.6 is 0 Å². The highest BCUT2D eigenvalue weighted by molar-refractivity contribution is 5.95. The van der Waals surface area contributed by atoms with Gasteiger partial charge in [-0.05, 0) is 71.7 Å². The van der Waals surface area contributed by atoms with E-state index in [4.69, 9.17) is 4.74 Å². The number of likely N-dealkylation sites (tertiary alicyclic amines) is 1. The minimum absolute atomic E-state index is 0.00830. The molecule has 2 fully saturated rings. The zero-order chi connectivity index (χ0) is 19.6. The predicted molar refractivity (Wildman–Crippen MR) is 104 cm³/mol. The molecule has 0 saturated carbocycles. The first-order valence-electron chi connectivity index (χ1n) is 9.75. The van der Waals surface area contributed by atoms with Crippen molar-refractivity contribution in [3.8, 4) is 0 Å². The lowest BCUT2D eigenvalue weighted by atomic mass is 10.1. The fourth-order valence-corrected chi connectivity index (χ4v) is 3.98. The van der Waals surface area contributed by atoms with Crippen molar-refractivity contribution in [3.05, 3.63) is 33.9 Å². The molecule has 1 atom stereocenters. The van der Waals surface area contributed by atoms with Crippen LogP contribution in [-0.2, 0) is 4.74 Å². The molecular formula is C20H29N3O4. The molecule has 0 aliphatic carbocycles. The van der Waals surface area contributed by atoms with Crippen LogP contribution in [0.2, 0.25) is 0 Å². The van der Waals surface area contributed by atoms with Gasteiger partial charge < -0.3 is 14.5 Å². The van der Waals surface area contributed by atoms with E-state index in [9.17, 15) is 14.9 Å². The van der Waals surface area contributed by atoms with Crippen LogP contribution in [0.4, 0.5) is 11.4 Å². The third-order valence-corrected chi connectivity index (χ3v) is 5.17. The third-order valence-electron chi connectivity index (χ3n) is 5.17. The van der Waals surface area contributed by atoms with Crippen molar-refractivity contribution < 1.29 is 14.5 Å². The number of hydrogen-bond acceptors (Lipinski definition) is 6. The molecular weight excluding hydrogens is 346 g/mol. The first-order valence-corrected chi connectivity index (χ1v) is 9.75. The van der Waals surface area contributed by atoms with Crippen molar-refractivity contribution in [2.45, 2.75) is 58.1 Å². The van der Waals surface area contributed by atoms with Gasteiger partial charge >= 0.3 is 5.97 Å². The molecule has 2 aliphatic heterocycles. The van der Waals surface area contributed by atoms with Crippen molar-refractivity contribution in [1.82, 2.24) is 4.90 Å². The van der Waals surface area contributed by atoms with Gasteiger partial charge in [-0.2, -0.15) is 0 Å². The summed E-state index contributed by atoms with van der Waals surface area (Å²) in [6, 6.07) is 5.25. The van der Waals surface area contributed by atoms with Crippen molar-refractivity contribution in [2.24, 2.45) is 0 Å². The van der Waals surface area contributed by atoms with Crippen molar-refractivity contribution in [2.75, 3.05) is 31.1 Å². The Balaban J connectivity index is 1.82. The Kier molecular flexibility index (Phi) is 5.69. The Hall–Kier alpha value is -2.15. The number of benzene rings is 1. The normalized spacial score (nSPS) is 20.9. The van der Waals surface area contributed by atoms with Crippen molar-refractivity contribution in [1.29, 1.82) is 0 Å². The molecule has 3 rings (SSSR count). The van der Waals surface area contributed by atoms with Crippen LogP contribution in [0.5, 0.6) is 0 Å². The highest BCUT2D eigenvalue weighted by Crippen LogP contribution is 2.32. The predicted octanol–water partition coefficient (Wildman–Crippen LogP) is 3.61. The molecule has 1 aromatic rings. The average molecular weight is 375 g/mol. The SMILES string of the molecule is CC(C)(C)OC(=O)c1ccc(N2CCC[C@H]2CN2CCCC2)cc1[N+](=O)[O-]. The van der Waals surface area contributed by atoms with E-state index < -0.39 is 16.5 Å². The van der Waals surface area contributed by atoms with E-state index in [1.54, 1.807) is 20.8 Å². The Labute approximate surface area is 160 Å². The summed E-state index contributed by atoms with van der Waals surface area (Å²) < 4.78 is 5.33. The molecule has 0 bridgehead atoms. The summed E-state index contributed by atoms with van der Waals surface area (Å²) in [5, 5.41) is 11.6. The first-order chi connectivity index (χ1) is 12.7. The number of nitro groups is 1. The molecule has 0 spiro atoms. The standard InChI is InChI=1S/C20H29N3O4/c1-20(2,3)27-19(24)17-9-8-15(13-18(17)23(25)26)22-12-6-7-16(22)14-21-10-4-5-11-21/h8-9,13,16H,4-7,10-12,14H2,1-3H3/t16-/m0/s1. The average Bonchev–Trinajstić information content (AvgIpc) is 3.25. The summed E-state index contributed by atoms with van der Waals surface area (Å²) in [4.78, 5) is 28.2. The fourth-order valence-electron chi connectivity index (χ4n) is 3.98. The van der Waals surface area contributed by atoms with Crippen LogP contribution in [0.3, 0.4) is 0 Å². The second-order valence-electron chi connectivity index (χ2n) is 8.46. The lowest BCUT2D eigenvalue weighted by molar-refractivity contribution is -0.385. The van der Waals surface area contributed by atoms with Crippen molar-refractivity contribution in [3.63, 3.8) is 0 Å². The molecule has 2 heterocycles. The lowest BCUT2D eigenvalue weighted by Gasteiger charge is -2.30. The van der Waals surface area contributed by atoms with E-state index in [1.165, 1.54) is 25.0 Å². The molecule has 0 N–H and O–H groups in total. The summed E-state index contributed by atoms with van der Waals surface area (Å²) >= 11 is 0. The molecule has 7 nitrogen and oxygen atoms in total. The number of anilines is 1. The number of rotatable bonds is 5. The second kappa shape index (κ2) is 7.84. The Bertz CT molecular complexity index is 708. The summed E-state index contributed by atoms with van der Waals surface area (Å²) in [5.41, 5.74) is -0.0578. The highest BCUT2D eigenvalue weighted by Gasteiger charge is 2.31. The molecule has 148 valence electrons. The molecule has 2 saturated heterocycles. The van der Waals surface area contributed by atoms with Gasteiger partial charge in [0.1, 0.15) is 11.2 Å². The zero-order valence-electron chi connectivity index (χ0n) is 16.4. The number of carbonyl (C=O) groups is 1. The van der Waals surface area contributed by atoms with Crippen molar-refractivity contribution >= 4 is 17.3 Å². The molecule has 2 aliphatic rings. The van der Waals surface area contributed by atoms with Gasteiger partial charge in [-0.1, -0.05) is 0 Å². The van der Waals surface area contributed by atoms with E-state index in [1.807, 2.05) is 6.07 Å². The first kappa shape index (κ1) is 19.6. The molecule has 0 radical (unpaired) electrons. The maximum atomic E-state index is 12.4. The van der Waals surface area contributed by atoms with Gasteiger partial charge in [-0.15, -0.1) is 0 Å². The number of carbonyl (C=O) groups excluding carboxylic acids is 1.